The summed E-state index contributed by atoms with van der Waals surface area (Å²) in [6.07, 6.45) is 7.91. The number of nitrogens with one attached hydrogen (secondary N) is 1. The lowest BCUT2D eigenvalue weighted by Gasteiger charge is -2.18. The van der Waals surface area contributed by atoms with Crippen molar-refractivity contribution in [1.82, 2.24) is 10.3 Å². The molecular weight excluding hydrogens is 252 g/mol. The van der Waals surface area contributed by atoms with E-state index >= 15 is 0 Å². The van der Waals surface area contributed by atoms with E-state index < -0.39 is 0 Å². The summed E-state index contributed by atoms with van der Waals surface area (Å²) in [6.45, 7) is 4.63. The van der Waals surface area contributed by atoms with E-state index in [-0.39, 0.29) is 12.4 Å². The zero-order valence-electron chi connectivity index (χ0n) is 12.5. The normalized spacial score (nSPS) is 23.6. The van der Waals surface area contributed by atoms with Crippen molar-refractivity contribution in [3.63, 3.8) is 0 Å². The molecule has 2 atom stereocenters. The summed E-state index contributed by atoms with van der Waals surface area (Å²) in [5.74, 6) is 1.04. The predicted octanol–water partition coefficient (Wildman–Crippen LogP) is 2.65. The minimum atomic E-state index is -0.0838. The third-order valence-electron chi connectivity index (χ3n) is 4.43. The highest BCUT2D eigenvalue weighted by atomic mass is 16.3. The van der Waals surface area contributed by atoms with Gasteiger partial charge in [-0.1, -0.05) is 19.8 Å². The van der Waals surface area contributed by atoms with E-state index in [1.165, 1.54) is 32.1 Å². The summed E-state index contributed by atoms with van der Waals surface area (Å²) in [6, 6.07) is 0.513. The Morgan fingerprint density at radius 1 is 1.30 bits per heavy atom. The van der Waals surface area contributed by atoms with Gasteiger partial charge in [0.2, 0.25) is 0 Å². The molecule has 0 aliphatic heterocycles. The SMILES string of the molecule is Cc1ncc(CO)c(CNC2CCCC(C)CC2)c1O. The maximum atomic E-state index is 10.1. The van der Waals surface area contributed by atoms with Crippen molar-refractivity contribution >= 4 is 0 Å². The molecule has 4 heteroatoms. The van der Waals surface area contributed by atoms with Crippen molar-refractivity contribution in [3.05, 3.63) is 23.0 Å². The third-order valence-corrected chi connectivity index (χ3v) is 4.43. The Morgan fingerprint density at radius 2 is 2.10 bits per heavy atom. The summed E-state index contributed by atoms with van der Waals surface area (Å²) < 4.78 is 0. The van der Waals surface area contributed by atoms with Gasteiger partial charge in [-0.2, -0.15) is 0 Å². The molecule has 1 fully saturated rings. The largest absolute Gasteiger partial charge is 0.506 e. The molecule has 1 aromatic heterocycles. The van der Waals surface area contributed by atoms with E-state index in [1.807, 2.05) is 0 Å². The quantitative estimate of drug-likeness (QED) is 0.741. The molecule has 1 heterocycles. The zero-order chi connectivity index (χ0) is 14.5. The molecule has 0 saturated heterocycles. The fraction of sp³-hybridized carbons (Fsp3) is 0.688. The van der Waals surface area contributed by atoms with Gasteiger partial charge in [-0.3, -0.25) is 4.98 Å². The Hall–Kier alpha value is -1.13. The van der Waals surface area contributed by atoms with E-state index in [0.29, 0.717) is 23.8 Å². The van der Waals surface area contributed by atoms with Gasteiger partial charge in [-0.15, -0.1) is 0 Å². The monoisotopic (exact) mass is 278 g/mol. The van der Waals surface area contributed by atoms with Crippen molar-refractivity contribution in [2.75, 3.05) is 0 Å². The van der Waals surface area contributed by atoms with Crippen LogP contribution in [0, 0.1) is 12.8 Å². The first kappa shape index (κ1) is 15.3. The zero-order valence-corrected chi connectivity index (χ0v) is 12.5. The molecule has 1 saturated carbocycles. The summed E-state index contributed by atoms with van der Waals surface area (Å²) in [5.41, 5.74) is 2.12. The lowest BCUT2D eigenvalue weighted by Crippen LogP contribution is -2.28. The molecule has 1 aromatic rings. The van der Waals surface area contributed by atoms with Crippen molar-refractivity contribution in [2.45, 2.75) is 65.1 Å². The van der Waals surface area contributed by atoms with Gasteiger partial charge in [0.25, 0.3) is 0 Å². The minimum absolute atomic E-state index is 0.0838. The van der Waals surface area contributed by atoms with Crippen LogP contribution in [0.2, 0.25) is 0 Å². The third kappa shape index (κ3) is 3.70. The topological polar surface area (TPSA) is 65.4 Å². The van der Waals surface area contributed by atoms with Gasteiger partial charge in [-0.05, 0) is 32.1 Å². The second-order valence-corrected chi connectivity index (χ2v) is 6.05. The van der Waals surface area contributed by atoms with E-state index in [2.05, 4.69) is 17.2 Å². The number of hydrogen-bond donors (Lipinski definition) is 3. The van der Waals surface area contributed by atoms with E-state index in [9.17, 15) is 10.2 Å². The molecule has 2 rings (SSSR count). The van der Waals surface area contributed by atoms with E-state index in [4.69, 9.17) is 0 Å². The molecule has 2 unspecified atom stereocenters. The molecule has 0 aromatic carbocycles. The number of hydrogen-bond acceptors (Lipinski definition) is 4. The maximum Gasteiger partial charge on any atom is 0.141 e. The van der Waals surface area contributed by atoms with Crippen LogP contribution < -0.4 is 5.32 Å². The van der Waals surface area contributed by atoms with Gasteiger partial charge in [0.1, 0.15) is 5.75 Å². The van der Waals surface area contributed by atoms with E-state index in [0.717, 1.165) is 11.5 Å². The Morgan fingerprint density at radius 3 is 2.85 bits per heavy atom. The minimum Gasteiger partial charge on any atom is -0.506 e. The van der Waals surface area contributed by atoms with Gasteiger partial charge in [0.05, 0.1) is 12.3 Å². The maximum absolute atomic E-state index is 10.1. The average Bonchev–Trinajstić information content (AvgIpc) is 2.65. The summed E-state index contributed by atoms with van der Waals surface area (Å²) in [4.78, 5) is 4.09. The molecule has 1 aliphatic rings. The Bertz CT molecular complexity index is 448. The number of aromatic hydroxyl groups is 1. The predicted molar refractivity (Wildman–Crippen MR) is 79.4 cm³/mol. The van der Waals surface area contributed by atoms with Gasteiger partial charge in [0.15, 0.2) is 0 Å². The fourth-order valence-electron chi connectivity index (χ4n) is 2.96. The number of nitrogens with zero attached hydrogens (tertiary/aromatic N) is 1. The number of aliphatic hydroxyl groups is 1. The van der Waals surface area contributed by atoms with Gasteiger partial charge >= 0.3 is 0 Å². The van der Waals surface area contributed by atoms with Crippen molar-refractivity contribution in [1.29, 1.82) is 0 Å². The van der Waals surface area contributed by atoms with Crippen LogP contribution in [-0.2, 0) is 13.2 Å². The standard InChI is InChI=1S/C16H26N2O2/c1-11-4-3-5-14(7-6-11)18-9-15-13(10-19)8-17-12(2)16(15)20/h8,11,14,18-20H,3-7,9-10H2,1-2H3. The fourth-order valence-corrected chi connectivity index (χ4v) is 2.96. The highest BCUT2D eigenvalue weighted by Crippen LogP contribution is 2.26. The Labute approximate surface area is 121 Å². The molecule has 1 aliphatic carbocycles. The highest BCUT2D eigenvalue weighted by molar-refractivity contribution is 5.40. The van der Waals surface area contributed by atoms with Crippen LogP contribution in [0.1, 0.15) is 55.8 Å². The highest BCUT2D eigenvalue weighted by Gasteiger charge is 2.17. The van der Waals surface area contributed by atoms with Crippen LogP contribution in [0.5, 0.6) is 5.75 Å². The van der Waals surface area contributed by atoms with Crippen LogP contribution in [0.4, 0.5) is 0 Å². The van der Waals surface area contributed by atoms with Gasteiger partial charge in [0, 0.05) is 29.9 Å². The Balaban J connectivity index is 2.01. The Kier molecular flexibility index (Phi) is 5.38. The molecule has 0 spiro atoms. The van der Waals surface area contributed by atoms with Crippen molar-refractivity contribution in [2.24, 2.45) is 5.92 Å². The van der Waals surface area contributed by atoms with Gasteiger partial charge < -0.3 is 15.5 Å². The number of pyridine rings is 1. The smallest absolute Gasteiger partial charge is 0.141 e. The molecule has 3 N–H and O–H groups in total. The summed E-state index contributed by atoms with van der Waals surface area (Å²) in [7, 11) is 0. The molecule has 0 bridgehead atoms. The average molecular weight is 278 g/mol. The van der Waals surface area contributed by atoms with Crippen molar-refractivity contribution in [3.8, 4) is 5.75 Å². The first-order valence-corrected chi connectivity index (χ1v) is 7.62. The molecule has 20 heavy (non-hydrogen) atoms. The van der Waals surface area contributed by atoms with Crippen LogP contribution in [0.3, 0.4) is 0 Å². The van der Waals surface area contributed by atoms with Crippen LogP contribution in [0.15, 0.2) is 6.20 Å². The number of rotatable bonds is 4. The van der Waals surface area contributed by atoms with Gasteiger partial charge in [-0.25, -0.2) is 0 Å². The second kappa shape index (κ2) is 7.04. The molecule has 4 nitrogen and oxygen atoms in total. The van der Waals surface area contributed by atoms with Crippen LogP contribution >= 0.6 is 0 Å². The van der Waals surface area contributed by atoms with Crippen molar-refractivity contribution < 1.29 is 10.2 Å². The second-order valence-electron chi connectivity index (χ2n) is 6.05. The number of aromatic nitrogens is 1. The van der Waals surface area contributed by atoms with E-state index in [1.54, 1.807) is 13.1 Å². The molecule has 112 valence electrons. The molecule has 0 amide bonds. The summed E-state index contributed by atoms with van der Waals surface area (Å²) >= 11 is 0. The van der Waals surface area contributed by atoms with Crippen LogP contribution in [-0.4, -0.2) is 21.2 Å². The molecule has 0 radical (unpaired) electrons. The molecular formula is C16H26N2O2. The van der Waals surface area contributed by atoms with Crippen LogP contribution in [0.25, 0.3) is 0 Å². The summed E-state index contributed by atoms with van der Waals surface area (Å²) in [5, 5.41) is 23.0. The lowest BCUT2D eigenvalue weighted by molar-refractivity contribution is 0.278. The number of aliphatic hydroxyl groups excluding tert-OH is 1. The first-order chi connectivity index (χ1) is 9.61. The number of aryl methyl sites for hydroxylation is 1. The lowest BCUT2D eigenvalue weighted by atomic mass is 10.0. The first-order valence-electron chi connectivity index (χ1n) is 7.62.